The van der Waals surface area contributed by atoms with Crippen molar-refractivity contribution in [2.24, 2.45) is 0 Å². The Labute approximate surface area is 148 Å². The zero-order valence-electron chi connectivity index (χ0n) is 15.1. The van der Waals surface area contributed by atoms with Gasteiger partial charge in [0.2, 0.25) is 0 Å². The van der Waals surface area contributed by atoms with Gasteiger partial charge in [0, 0.05) is 24.2 Å². The first kappa shape index (κ1) is 17.4. The number of aryl methyl sites for hydroxylation is 1. The molecule has 1 atom stereocenters. The van der Waals surface area contributed by atoms with E-state index in [1.165, 1.54) is 0 Å². The molecule has 3 rings (SSSR count). The van der Waals surface area contributed by atoms with Crippen LogP contribution in [0, 0.1) is 6.92 Å². The van der Waals surface area contributed by atoms with Crippen LogP contribution < -0.4 is 5.32 Å². The van der Waals surface area contributed by atoms with E-state index in [0.29, 0.717) is 18.7 Å². The molecule has 0 fully saturated rings. The molecule has 1 aliphatic rings. The van der Waals surface area contributed by atoms with Crippen molar-refractivity contribution >= 4 is 11.7 Å². The van der Waals surface area contributed by atoms with Crippen molar-refractivity contribution in [2.45, 2.75) is 32.2 Å². The van der Waals surface area contributed by atoms with Crippen LogP contribution in [0.25, 0.3) is 0 Å². The van der Waals surface area contributed by atoms with E-state index in [2.05, 4.69) is 10.3 Å². The highest BCUT2D eigenvalue weighted by Gasteiger charge is 2.27. The Bertz CT molecular complexity index is 778. The van der Waals surface area contributed by atoms with Crippen LogP contribution in [0.5, 0.6) is 0 Å². The molecule has 2 N–H and O–H groups in total. The molecule has 1 aromatic heterocycles. The lowest BCUT2D eigenvalue weighted by Crippen LogP contribution is -2.35. The highest BCUT2D eigenvalue weighted by Crippen LogP contribution is 2.27. The molecule has 5 nitrogen and oxygen atoms in total. The first-order chi connectivity index (χ1) is 12.0. The van der Waals surface area contributed by atoms with Gasteiger partial charge in [-0.15, -0.1) is 0 Å². The molecule has 2 aromatic rings. The fourth-order valence-electron chi connectivity index (χ4n) is 3.52. The molecule has 0 bridgehead atoms. The number of H-pyrrole nitrogens is 1. The third-order valence-corrected chi connectivity index (χ3v) is 4.72. The topological polar surface area (TPSA) is 65.2 Å². The van der Waals surface area contributed by atoms with E-state index in [1.807, 2.05) is 56.3 Å². The normalized spacial score (nSPS) is 15.1. The van der Waals surface area contributed by atoms with E-state index in [0.717, 1.165) is 35.2 Å². The minimum atomic E-state index is -0.157. The number of rotatable bonds is 5. The molecule has 0 aliphatic heterocycles. The van der Waals surface area contributed by atoms with Gasteiger partial charge >= 0.3 is 0 Å². The maximum Gasteiger partial charge on any atom is 0.268 e. The lowest BCUT2D eigenvalue weighted by Gasteiger charge is -2.22. The maximum atomic E-state index is 12.9. The molecule has 1 amide bonds. The Hall–Kier alpha value is -2.40. The Morgan fingerprint density at radius 2 is 1.96 bits per heavy atom. The van der Waals surface area contributed by atoms with Gasteiger partial charge in [0.05, 0.1) is 6.04 Å². The summed E-state index contributed by atoms with van der Waals surface area (Å²) in [6.45, 7) is 2.56. The van der Waals surface area contributed by atoms with E-state index in [-0.39, 0.29) is 17.7 Å². The number of aromatic nitrogens is 1. The van der Waals surface area contributed by atoms with Crippen LogP contribution in [0.2, 0.25) is 0 Å². The van der Waals surface area contributed by atoms with Gasteiger partial charge < -0.3 is 15.2 Å². The molecular formula is C20H25N3O2. The fourth-order valence-corrected chi connectivity index (χ4v) is 3.52. The van der Waals surface area contributed by atoms with Crippen LogP contribution in [-0.2, 0) is 6.42 Å². The van der Waals surface area contributed by atoms with E-state index in [9.17, 15) is 9.59 Å². The molecule has 0 radical (unpaired) electrons. The number of hydrogen-bond acceptors (Lipinski definition) is 3. The zero-order valence-corrected chi connectivity index (χ0v) is 15.1. The predicted octanol–water partition coefficient (Wildman–Crippen LogP) is 2.87. The van der Waals surface area contributed by atoms with Crippen LogP contribution >= 0.6 is 0 Å². The third-order valence-electron chi connectivity index (χ3n) is 4.72. The number of amides is 1. The number of benzene rings is 1. The van der Waals surface area contributed by atoms with Crippen LogP contribution in [0.4, 0.5) is 0 Å². The summed E-state index contributed by atoms with van der Waals surface area (Å²) in [5.41, 5.74) is 3.98. The van der Waals surface area contributed by atoms with Crippen LogP contribution in [-0.4, -0.2) is 42.2 Å². The van der Waals surface area contributed by atoms with E-state index >= 15 is 0 Å². The van der Waals surface area contributed by atoms with E-state index < -0.39 is 0 Å². The smallest absolute Gasteiger partial charge is 0.268 e. The van der Waals surface area contributed by atoms with Crippen molar-refractivity contribution in [2.75, 3.05) is 20.6 Å². The van der Waals surface area contributed by atoms with Gasteiger partial charge in [0.15, 0.2) is 5.78 Å². The molecule has 0 saturated heterocycles. The standard InChI is InChI=1S/C20H25N3O2/c1-13-18-15(10-7-11-17(18)24)21-19(13)20(25)22-16(12-23(2)3)14-8-5-4-6-9-14/h4-6,8-9,16,21H,7,10-12H2,1-3H3,(H,22,25)/t16-/m1/s1. The molecule has 1 heterocycles. The van der Waals surface area contributed by atoms with Crippen LogP contribution in [0.1, 0.15) is 56.6 Å². The minimum absolute atomic E-state index is 0.112. The number of nitrogens with zero attached hydrogens (tertiary/aromatic N) is 1. The maximum absolute atomic E-state index is 12.9. The number of aromatic amines is 1. The minimum Gasteiger partial charge on any atom is -0.354 e. The second kappa shape index (κ2) is 7.23. The molecule has 0 saturated carbocycles. The van der Waals surface area contributed by atoms with Crippen molar-refractivity contribution in [1.29, 1.82) is 0 Å². The number of likely N-dealkylation sites (N-methyl/N-ethyl adjacent to an activating group) is 1. The number of fused-ring (bicyclic) bond motifs is 1. The third kappa shape index (κ3) is 3.66. The summed E-state index contributed by atoms with van der Waals surface area (Å²) in [7, 11) is 3.97. The number of nitrogens with one attached hydrogen (secondary N) is 2. The molecule has 0 spiro atoms. The number of Topliss-reactive ketones (excluding diaryl/α,β-unsaturated/α-hetero) is 1. The Morgan fingerprint density at radius 1 is 1.24 bits per heavy atom. The summed E-state index contributed by atoms with van der Waals surface area (Å²) in [5.74, 6) is -0.0163. The lowest BCUT2D eigenvalue weighted by atomic mass is 9.93. The first-order valence-corrected chi connectivity index (χ1v) is 8.72. The Balaban J connectivity index is 1.86. The van der Waals surface area contributed by atoms with Gasteiger partial charge in [-0.25, -0.2) is 0 Å². The average molecular weight is 339 g/mol. The monoisotopic (exact) mass is 339 g/mol. The number of ketones is 1. The van der Waals surface area contributed by atoms with E-state index in [4.69, 9.17) is 0 Å². The summed E-state index contributed by atoms with van der Waals surface area (Å²) in [5, 5.41) is 3.12. The van der Waals surface area contributed by atoms with Crippen LogP contribution in [0.15, 0.2) is 30.3 Å². The summed E-state index contributed by atoms with van der Waals surface area (Å²) < 4.78 is 0. The molecule has 1 aliphatic carbocycles. The second-order valence-corrected chi connectivity index (χ2v) is 6.95. The summed E-state index contributed by atoms with van der Waals surface area (Å²) in [6.07, 6.45) is 2.25. The fraction of sp³-hybridized carbons (Fsp3) is 0.400. The number of carbonyl (C=O) groups excluding carboxylic acids is 2. The summed E-state index contributed by atoms with van der Waals surface area (Å²) in [4.78, 5) is 30.3. The van der Waals surface area contributed by atoms with Gasteiger partial charge in [-0.1, -0.05) is 30.3 Å². The number of hydrogen-bond donors (Lipinski definition) is 2. The van der Waals surface area contributed by atoms with Gasteiger partial charge in [-0.05, 0) is 45.0 Å². The van der Waals surface area contributed by atoms with E-state index in [1.54, 1.807) is 0 Å². The van der Waals surface area contributed by atoms with Gasteiger partial charge in [0.25, 0.3) is 5.91 Å². The molecule has 25 heavy (non-hydrogen) atoms. The first-order valence-electron chi connectivity index (χ1n) is 8.72. The Kier molecular flexibility index (Phi) is 5.04. The molecule has 5 heteroatoms. The highest BCUT2D eigenvalue weighted by molar-refractivity contribution is 6.04. The van der Waals surface area contributed by atoms with Crippen molar-refractivity contribution in [3.8, 4) is 0 Å². The zero-order chi connectivity index (χ0) is 18.0. The Morgan fingerprint density at radius 3 is 2.60 bits per heavy atom. The van der Waals surface area contributed by atoms with Gasteiger partial charge in [-0.3, -0.25) is 9.59 Å². The SMILES string of the molecule is Cc1c(C(=O)N[C@H](CN(C)C)c2ccccc2)[nH]c2c1C(=O)CCC2. The van der Waals surface area contributed by atoms with Crippen molar-refractivity contribution in [3.05, 3.63) is 58.4 Å². The predicted molar refractivity (Wildman–Crippen MR) is 98.0 cm³/mol. The second-order valence-electron chi connectivity index (χ2n) is 6.95. The van der Waals surface area contributed by atoms with Crippen molar-refractivity contribution in [3.63, 3.8) is 0 Å². The largest absolute Gasteiger partial charge is 0.354 e. The quantitative estimate of drug-likeness (QED) is 0.880. The summed E-state index contributed by atoms with van der Waals surface area (Å²) >= 11 is 0. The molecule has 1 aromatic carbocycles. The number of carbonyl (C=O) groups is 2. The van der Waals surface area contributed by atoms with Crippen molar-refractivity contribution < 1.29 is 9.59 Å². The van der Waals surface area contributed by atoms with Crippen molar-refractivity contribution in [1.82, 2.24) is 15.2 Å². The molecule has 0 unspecified atom stereocenters. The van der Waals surface area contributed by atoms with Gasteiger partial charge in [0.1, 0.15) is 5.69 Å². The molecule has 132 valence electrons. The average Bonchev–Trinajstić information content (AvgIpc) is 2.93. The molecular weight excluding hydrogens is 314 g/mol. The lowest BCUT2D eigenvalue weighted by molar-refractivity contribution is 0.0924. The summed E-state index contributed by atoms with van der Waals surface area (Å²) in [6, 6.07) is 9.84. The highest BCUT2D eigenvalue weighted by atomic mass is 16.2. The van der Waals surface area contributed by atoms with Crippen LogP contribution in [0.3, 0.4) is 0 Å². The van der Waals surface area contributed by atoms with Gasteiger partial charge in [-0.2, -0.15) is 0 Å².